The maximum Gasteiger partial charge on any atom is 0.338 e. The van der Waals surface area contributed by atoms with Crippen LogP contribution in [0.15, 0.2) is 121 Å². The van der Waals surface area contributed by atoms with E-state index in [2.05, 4.69) is 0 Å². The van der Waals surface area contributed by atoms with Gasteiger partial charge >= 0.3 is 5.97 Å². The van der Waals surface area contributed by atoms with Gasteiger partial charge in [-0.25, -0.2) is 4.79 Å². The van der Waals surface area contributed by atoms with E-state index in [-0.39, 0.29) is 22.5 Å². The lowest BCUT2D eigenvalue weighted by Crippen LogP contribution is -2.54. The van der Waals surface area contributed by atoms with Gasteiger partial charge in [0.1, 0.15) is 5.76 Å². The summed E-state index contributed by atoms with van der Waals surface area (Å²) in [4.78, 5) is 42.3. The molecule has 0 aromatic heterocycles. The largest absolute Gasteiger partial charge is 0.424 e. The minimum Gasteiger partial charge on any atom is -0.424 e. The van der Waals surface area contributed by atoms with Crippen molar-refractivity contribution < 1.29 is 19.1 Å². The molecular weight excluding hydrogens is 424 g/mol. The number of ether oxygens (including phenoxy) is 1. The van der Waals surface area contributed by atoms with E-state index in [1.807, 2.05) is 12.1 Å². The van der Waals surface area contributed by atoms with Gasteiger partial charge in [0.15, 0.2) is 11.6 Å². The molecule has 4 aromatic carbocycles. The van der Waals surface area contributed by atoms with Gasteiger partial charge in [-0.15, -0.1) is 0 Å². The first-order chi connectivity index (χ1) is 16.6. The predicted molar refractivity (Wildman–Crippen MR) is 130 cm³/mol. The average molecular weight is 444 g/mol. The second-order valence-corrected chi connectivity index (χ2v) is 7.97. The first-order valence-electron chi connectivity index (χ1n) is 10.9. The molecule has 0 aliphatic carbocycles. The molecule has 0 fully saturated rings. The Morgan fingerprint density at radius 2 is 1.06 bits per heavy atom. The van der Waals surface area contributed by atoms with Gasteiger partial charge in [-0.2, -0.15) is 0 Å². The average Bonchev–Trinajstić information content (AvgIpc) is 2.90. The van der Waals surface area contributed by atoms with E-state index in [1.54, 1.807) is 109 Å². The molecule has 1 aliphatic rings. The predicted octanol–water partition coefficient (Wildman–Crippen LogP) is 5.50. The van der Waals surface area contributed by atoms with Crippen molar-refractivity contribution in [3.63, 3.8) is 0 Å². The van der Waals surface area contributed by atoms with E-state index in [0.717, 1.165) is 0 Å². The zero-order valence-corrected chi connectivity index (χ0v) is 18.2. The van der Waals surface area contributed by atoms with Crippen LogP contribution in [0.2, 0.25) is 0 Å². The fourth-order valence-electron chi connectivity index (χ4n) is 4.33. The summed E-state index contributed by atoms with van der Waals surface area (Å²) in [7, 11) is 0. The summed E-state index contributed by atoms with van der Waals surface area (Å²) in [5.41, 5.74) is -0.283. The SMILES string of the molecule is O=C1OC(c2ccccc2)=C(c2ccccc2)C(=O)C1(C(=O)c1ccccc1)c1ccccc1. The molecule has 1 unspecified atom stereocenters. The third kappa shape index (κ3) is 3.37. The Morgan fingerprint density at radius 3 is 1.62 bits per heavy atom. The standard InChI is InChI=1S/C30H20O4/c31-27(23-17-9-3-10-18-23)30(24-19-11-4-12-20-24)28(32)25(21-13-5-1-6-14-21)26(34-29(30)33)22-15-7-2-8-16-22/h1-20H. The van der Waals surface area contributed by atoms with Gasteiger partial charge in [0.05, 0.1) is 5.57 Å². The molecule has 164 valence electrons. The third-order valence-corrected chi connectivity index (χ3v) is 5.98. The topological polar surface area (TPSA) is 60.4 Å². The summed E-state index contributed by atoms with van der Waals surface area (Å²) in [6, 6.07) is 34.8. The fraction of sp³-hybridized carbons (Fsp3) is 0.0333. The van der Waals surface area contributed by atoms with Crippen LogP contribution in [0, 0.1) is 0 Å². The molecule has 0 N–H and O–H groups in total. The van der Waals surface area contributed by atoms with E-state index < -0.39 is 23.0 Å². The van der Waals surface area contributed by atoms with Crippen molar-refractivity contribution in [2.45, 2.75) is 5.41 Å². The van der Waals surface area contributed by atoms with Gasteiger partial charge in [0.25, 0.3) is 0 Å². The smallest absolute Gasteiger partial charge is 0.338 e. The maximum absolute atomic E-state index is 14.5. The number of hydrogen-bond donors (Lipinski definition) is 0. The minimum absolute atomic E-state index is 0.147. The maximum atomic E-state index is 14.5. The van der Waals surface area contributed by atoms with Crippen molar-refractivity contribution in [3.05, 3.63) is 144 Å². The van der Waals surface area contributed by atoms with Crippen LogP contribution in [-0.4, -0.2) is 17.5 Å². The van der Waals surface area contributed by atoms with Crippen LogP contribution in [-0.2, 0) is 19.7 Å². The highest BCUT2D eigenvalue weighted by atomic mass is 16.5. The molecule has 0 bridgehead atoms. The second kappa shape index (κ2) is 8.75. The number of benzene rings is 4. The molecule has 0 radical (unpaired) electrons. The Hall–Kier alpha value is -4.57. The summed E-state index contributed by atoms with van der Waals surface area (Å²) in [6.45, 7) is 0. The minimum atomic E-state index is -2.16. The van der Waals surface area contributed by atoms with Gasteiger partial charge in [0, 0.05) is 11.1 Å². The molecule has 4 heteroatoms. The summed E-state index contributed by atoms with van der Waals surface area (Å²) in [5.74, 6) is -1.98. The number of rotatable bonds is 5. The molecule has 4 nitrogen and oxygen atoms in total. The van der Waals surface area contributed by atoms with Gasteiger partial charge in [-0.3, -0.25) is 9.59 Å². The van der Waals surface area contributed by atoms with Gasteiger partial charge in [-0.1, -0.05) is 121 Å². The Morgan fingerprint density at radius 1 is 0.588 bits per heavy atom. The highest BCUT2D eigenvalue weighted by molar-refractivity contribution is 6.47. The number of cyclic esters (lactones) is 1. The van der Waals surface area contributed by atoms with Gasteiger partial charge < -0.3 is 4.74 Å². The lowest BCUT2D eigenvalue weighted by Gasteiger charge is -2.35. The van der Waals surface area contributed by atoms with Crippen molar-refractivity contribution in [1.82, 2.24) is 0 Å². The molecule has 0 amide bonds. The number of allylic oxidation sites excluding steroid dienone is 1. The van der Waals surface area contributed by atoms with Crippen molar-refractivity contribution >= 4 is 28.9 Å². The first kappa shape index (κ1) is 21.3. The number of carbonyl (C=O) groups excluding carboxylic acids is 3. The zero-order valence-electron chi connectivity index (χ0n) is 18.2. The molecule has 4 aromatic rings. The molecule has 34 heavy (non-hydrogen) atoms. The van der Waals surface area contributed by atoms with E-state index in [0.29, 0.717) is 11.1 Å². The monoisotopic (exact) mass is 444 g/mol. The summed E-state index contributed by atoms with van der Waals surface area (Å²) < 4.78 is 5.92. The Balaban J connectivity index is 1.83. The number of Topliss-reactive ketones (excluding diaryl/α,β-unsaturated/α-hetero) is 2. The Bertz CT molecular complexity index is 1390. The highest BCUT2D eigenvalue weighted by Gasteiger charge is 2.59. The van der Waals surface area contributed by atoms with Crippen LogP contribution in [0.5, 0.6) is 0 Å². The van der Waals surface area contributed by atoms with Crippen LogP contribution in [0.4, 0.5) is 0 Å². The van der Waals surface area contributed by atoms with Crippen molar-refractivity contribution in [3.8, 4) is 0 Å². The summed E-state index contributed by atoms with van der Waals surface area (Å²) in [6.07, 6.45) is 0. The third-order valence-electron chi connectivity index (χ3n) is 5.98. The quantitative estimate of drug-likeness (QED) is 0.232. The molecule has 5 rings (SSSR count). The van der Waals surface area contributed by atoms with E-state index >= 15 is 0 Å². The summed E-state index contributed by atoms with van der Waals surface area (Å²) >= 11 is 0. The van der Waals surface area contributed by atoms with Crippen LogP contribution in [0.1, 0.15) is 27.0 Å². The van der Waals surface area contributed by atoms with Crippen molar-refractivity contribution in [2.24, 2.45) is 0 Å². The fourth-order valence-corrected chi connectivity index (χ4v) is 4.33. The second-order valence-electron chi connectivity index (χ2n) is 7.97. The van der Waals surface area contributed by atoms with Gasteiger partial charge in [0.2, 0.25) is 5.41 Å². The lowest BCUT2D eigenvalue weighted by atomic mass is 9.67. The van der Waals surface area contributed by atoms with Crippen LogP contribution >= 0.6 is 0 Å². The van der Waals surface area contributed by atoms with E-state index in [9.17, 15) is 14.4 Å². The first-order valence-corrected chi connectivity index (χ1v) is 10.9. The Labute approximate surface area is 197 Å². The number of esters is 1. The van der Waals surface area contributed by atoms with Gasteiger partial charge in [-0.05, 0) is 11.1 Å². The van der Waals surface area contributed by atoms with Crippen LogP contribution in [0.25, 0.3) is 11.3 Å². The van der Waals surface area contributed by atoms with Crippen LogP contribution in [0.3, 0.4) is 0 Å². The Kier molecular flexibility index (Phi) is 5.48. The highest BCUT2D eigenvalue weighted by Crippen LogP contribution is 2.44. The zero-order chi connectivity index (χ0) is 23.5. The number of ketones is 2. The van der Waals surface area contributed by atoms with E-state index in [1.165, 1.54) is 0 Å². The van der Waals surface area contributed by atoms with E-state index in [4.69, 9.17) is 4.74 Å². The molecule has 1 heterocycles. The molecular formula is C30H20O4. The van der Waals surface area contributed by atoms with Crippen LogP contribution < -0.4 is 0 Å². The molecule has 1 atom stereocenters. The van der Waals surface area contributed by atoms with Crippen molar-refractivity contribution in [1.29, 1.82) is 0 Å². The molecule has 0 spiro atoms. The van der Waals surface area contributed by atoms with Crippen molar-refractivity contribution in [2.75, 3.05) is 0 Å². The number of carbonyl (C=O) groups is 3. The number of hydrogen-bond acceptors (Lipinski definition) is 4. The summed E-state index contributed by atoms with van der Waals surface area (Å²) in [5, 5.41) is 0. The molecule has 0 saturated heterocycles. The molecule has 1 aliphatic heterocycles. The normalized spacial score (nSPS) is 17.9. The molecule has 0 saturated carbocycles. The lowest BCUT2D eigenvalue weighted by molar-refractivity contribution is -0.145.